The van der Waals surface area contributed by atoms with Crippen molar-refractivity contribution in [2.45, 2.75) is 26.3 Å². The van der Waals surface area contributed by atoms with Gasteiger partial charge in [-0.2, -0.15) is 0 Å². The van der Waals surface area contributed by atoms with E-state index in [-0.39, 0.29) is 0 Å². The van der Waals surface area contributed by atoms with Gasteiger partial charge in [0.25, 0.3) is 0 Å². The van der Waals surface area contributed by atoms with Crippen molar-refractivity contribution in [3.05, 3.63) is 30.9 Å². The molecule has 2 aromatic rings. The number of rotatable bonds is 7. The number of hydrogen-bond donors (Lipinski definition) is 1. The lowest BCUT2D eigenvalue weighted by Gasteiger charge is -2.09. The van der Waals surface area contributed by atoms with E-state index in [1.54, 1.807) is 18.7 Å². The molecule has 0 amide bonds. The van der Waals surface area contributed by atoms with Crippen LogP contribution in [-0.4, -0.2) is 27.7 Å². The van der Waals surface area contributed by atoms with E-state index in [1.165, 1.54) is 0 Å². The van der Waals surface area contributed by atoms with E-state index in [1.807, 2.05) is 16.7 Å². The Balaban J connectivity index is 2.00. The van der Waals surface area contributed by atoms with Crippen molar-refractivity contribution in [3.63, 3.8) is 0 Å². The molecule has 19 heavy (non-hydrogen) atoms. The maximum atomic E-state index is 5.89. The number of unbranched alkanes of at least 4 members (excludes halogenated alkanes) is 1. The largest absolute Gasteiger partial charge is 0.383 e. The van der Waals surface area contributed by atoms with Crippen molar-refractivity contribution in [1.29, 1.82) is 0 Å². The van der Waals surface area contributed by atoms with Crippen molar-refractivity contribution in [2.75, 3.05) is 18.9 Å². The summed E-state index contributed by atoms with van der Waals surface area (Å²) in [5.41, 5.74) is 7.78. The molecular weight excluding hydrogens is 240 g/mol. The number of hydrogen-bond acceptors (Lipinski definition) is 4. The molecule has 0 aliphatic heterocycles. The van der Waals surface area contributed by atoms with Gasteiger partial charge < -0.3 is 15.0 Å². The second-order valence-electron chi connectivity index (χ2n) is 4.37. The predicted octanol–water partition coefficient (Wildman–Crippen LogP) is 2.34. The highest BCUT2D eigenvalue weighted by Crippen LogP contribution is 2.23. The molecule has 0 radical (unpaired) electrons. The summed E-state index contributed by atoms with van der Waals surface area (Å²) in [4.78, 5) is 8.28. The van der Waals surface area contributed by atoms with Gasteiger partial charge >= 0.3 is 0 Å². The van der Waals surface area contributed by atoms with Crippen LogP contribution in [0.4, 0.5) is 5.82 Å². The molecule has 0 unspecified atom stereocenters. The van der Waals surface area contributed by atoms with Gasteiger partial charge in [0.2, 0.25) is 0 Å². The fourth-order valence-corrected chi connectivity index (χ4v) is 1.87. The number of nitrogen functional groups attached to an aromatic ring is 1. The Morgan fingerprint density at radius 2 is 2.26 bits per heavy atom. The van der Waals surface area contributed by atoms with Crippen LogP contribution in [0.25, 0.3) is 11.3 Å². The lowest BCUT2D eigenvalue weighted by Crippen LogP contribution is -2.07. The molecule has 0 saturated heterocycles. The highest BCUT2D eigenvalue weighted by molar-refractivity contribution is 5.70. The Labute approximate surface area is 113 Å². The molecule has 0 spiro atoms. The van der Waals surface area contributed by atoms with Crippen LogP contribution in [0.5, 0.6) is 0 Å². The summed E-state index contributed by atoms with van der Waals surface area (Å²) < 4.78 is 7.61. The van der Waals surface area contributed by atoms with Crippen molar-refractivity contribution >= 4 is 5.82 Å². The Kier molecular flexibility index (Phi) is 4.92. The molecule has 5 nitrogen and oxygen atoms in total. The van der Waals surface area contributed by atoms with E-state index in [4.69, 9.17) is 10.5 Å². The van der Waals surface area contributed by atoms with Crippen LogP contribution in [0, 0.1) is 0 Å². The first-order valence-electron chi connectivity index (χ1n) is 6.61. The maximum Gasteiger partial charge on any atom is 0.132 e. The van der Waals surface area contributed by atoms with Gasteiger partial charge in [0, 0.05) is 24.9 Å². The Morgan fingerprint density at radius 3 is 3.05 bits per heavy atom. The smallest absolute Gasteiger partial charge is 0.132 e. The predicted molar refractivity (Wildman–Crippen MR) is 75.6 cm³/mol. The number of nitrogens with two attached hydrogens (primary N) is 1. The van der Waals surface area contributed by atoms with Gasteiger partial charge in [-0.05, 0) is 18.6 Å². The molecular formula is C14H20N4O. The molecule has 0 saturated carbocycles. The SMILES string of the molecule is CCCCOCCn1cncc1-c1cccnc1N. The Bertz CT molecular complexity index is 510. The fourth-order valence-electron chi connectivity index (χ4n) is 1.87. The molecule has 0 fully saturated rings. The van der Waals surface area contributed by atoms with Gasteiger partial charge in [-0.25, -0.2) is 9.97 Å². The van der Waals surface area contributed by atoms with Crippen molar-refractivity contribution in [2.24, 2.45) is 0 Å². The number of ether oxygens (including phenoxy) is 1. The van der Waals surface area contributed by atoms with E-state index in [2.05, 4.69) is 16.9 Å². The first-order chi connectivity index (χ1) is 9.33. The van der Waals surface area contributed by atoms with Gasteiger partial charge in [0.15, 0.2) is 0 Å². The lowest BCUT2D eigenvalue weighted by atomic mass is 10.2. The molecule has 0 bridgehead atoms. The van der Waals surface area contributed by atoms with Crippen LogP contribution in [-0.2, 0) is 11.3 Å². The highest BCUT2D eigenvalue weighted by atomic mass is 16.5. The van der Waals surface area contributed by atoms with E-state index < -0.39 is 0 Å². The summed E-state index contributed by atoms with van der Waals surface area (Å²) in [5, 5.41) is 0. The summed E-state index contributed by atoms with van der Waals surface area (Å²) >= 11 is 0. The first kappa shape index (κ1) is 13.5. The number of imidazole rings is 1. The summed E-state index contributed by atoms with van der Waals surface area (Å²) in [6.45, 7) is 4.43. The Morgan fingerprint density at radius 1 is 1.37 bits per heavy atom. The molecule has 0 atom stereocenters. The Hall–Kier alpha value is -1.88. The second-order valence-corrected chi connectivity index (χ2v) is 4.37. The van der Waals surface area contributed by atoms with Gasteiger partial charge in [-0.1, -0.05) is 13.3 Å². The van der Waals surface area contributed by atoms with E-state index in [0.717, 1.165) is 37.3 Å². The number of anilines is 1. The van der Waals surface area contributed by atoms with Gasteiger partial charge in [0.05, 0.1) is 24.8 Å². The summed E-state index contributed by atoms with van der Waals surface area (Å²) in [6, 6.07) is 3.83. The van der Waals surface area contributed by atoms with E-state index in [9.17, 15) is 0 Å². The molecule has 0 aliphatic carbocycles. The average molecular weight is 260 g/mol. The molecule has 2 heterocycles. The highest BCUT2D eigenvalue weighted by Gasteiger charge is 2.08. The minimum atomic E-state index is 0.524. The third kappa shape index (κ3) is 3.54. The third-order valence-corrected chi connectivity index (χ3v) is 2.95. The van der Waals surface area contributed by atoms with E-state index in [0.29, 0.717) is 12.4 Å². The molecule has 0 aromatic carbocycles. The normalized spacial score (nSPS) is 10.8. The fraction of sp³-hybridized carbons (Fsp3) is 0.429. The van der Waals surface area contributed by atoms with Crippen LogP contribution >= 0.6 is 0 Å². The molecule has 0 aliphatic rings. The third-order valence-electron chi connectivity index (χ3n) is 2.95. The van der Waals surface area contributed by atoms with Gasteiger partial charge in [-0.15, -0.1) is 0 Å². The second kappa shape index (κ2) is 6.89. The van der Waals surface area contributed by atoms with Crippen LogP contribution in [0.1, 0.15) is 19.8 Å². The van der Waals surface area contributed by atoms with Crippen LogP contribution < -0.4 is 5.73 Å². The minimum Gasteiger partial charge on any atom is -0.383 e. The zero-order valence-electron chi connectivity index (χ0n) is 11.2. The average Bonchev–Trinajstić information content (AvgIpc) is 2.87. The van der Waals surface area contributed by atoms with Gasteiger partial charge in [-0.3, -0.25) is 0 Å². The quantitative estimate of drug-likeness (QED) is 0.776. The number of aromatic nitrogens is 3. The van der Waals surface area contributed by atoms with Crippen molar-refractivity contribution in [1.82, 2.24) is 14.5 Å². The zero-order chi connectivity index (χ0) is 13.5. The first-order valence-corrected chi connectivity index (χ1v) is 6.61. The molecule has 5 heteroatoms. The molecule has 102 valence electrons. The van der Waals surface area contributed by atoms with Crippen LogP contribution in [0.3, 0.4) is 0 Å². The molecule has 2 N–H and O–H groups in total. The van der Waals surface area contributed by atoms with Crippen LogP contribution in [0.2, 0.25) is 0 Å². The summed E-state index contributed by atoms with van der Waals surface area (Å²) in [5.74, 6) is 0.524. The summed E-state index contributed by atoms with van der Waals surface area (Å²) in [7, 11) is 0. The summed E-state index contributed by atoms with van der Waals surface area (Å²) in [6.07, 6.45) is 7.55. The molecule has 2 rings (SSSR count). The minimum absolute atomic E-state index is 0.524. The standard InChI is InChI=1S/C14H20N4O/c1-2-3-8-19-9-7-18-11-16-10-13(18)12-5-4-6-17-14(12)15/h4-6,10-11H,2-3,7-9H2,1H3,(H2,15,17). The zero-order valence-corrected chi connectivity index (χ0v) is 11.2. The van der Waals surface area contributed by atoms with Crippen molar-refractivity contribution < 1.29 is 4.74 Å². The van der Waals surface area contributed by atoms with Crippen molar-refractivity contribution in [3.8, 4) is 11.3 Å². The monoisotopic (exact) mass is 260 g/mol. The molecule has 2 aromatic heterocycles. The number of pyridine rings is 1. The van der Waals surface area contributed by atoms with E-state index >= 15 is 0 Å². The topological polar surface area (TPSA) is 66.0 Å². The lowest BCUT2D eigenvalue weighted by molar-refractivity contribution is 0.124. The van der Waals surface area contributed by atoms with Gasteiger partial charge in [0.1, 0.15) is 5.82 Å². The maximum absolute atomic E-state index is 5.89. The number of nitrogens with zero attached hydrogens (tertiary/aromatic N) is 3. The van der Waals surface area contributed by atoms with Crippen LogP contribution in [0.15, 0.2) is 30.9 Å².